The van der Waals surface area contributed by atoms with Crippen LogP contribution in [0.1, 0.15) is 46.5 Å². The molecule has 1 saturated heterocycles. The highest BCUT2D eigenvalue weighted by Crippen LogP contribution is 2.28. The molecule has 6 nitrogen and oxygen atoms in total. The lowest BCUT2D eigenvalue weighted by Gasteiger charge is -2.30. The minimum Gasteiger partial charge on any atom is -0.445 e. The second-order valence-electron chi connectivity index (χ2n) is 8.24. The Labute approximate surface area is 195 Å². The summed E-state index contributed by atoms with van der Waals surface area (Å²) in [7, 11) is 0. The number of carbonyl (C=O) groups excluding carboxylic acids is 1. The number of hydrogen-bond acceptors (Lipinski definition) is 4. The fraction of sp³-hybridized carbons (Fsp3) is 0.240. The van der Waals surface area contributed by atoms with Crippen LogP contribution in [-0.2, 0) is 6.42 Å². The van der Waals surface area contributed by atoms with E-state index in [2.05, 4.69) is 15.2 Å². The maximum absolute atomic E-state index is 13.2. The maximum atomic E-state index is 13.2. The van der Waals surface area contributed by atoms with Crippen LogP contribution in [0.3, 0.4) is 0 Å². The average Bonchev–Trinajstić information content (AvgIpc) is 3.50. The average molecular weight is 465 g/mol. The molecule has 33 heavy (non-hydrogen) atoms. The van der Waals surface area contributed by atoms with Gasteiger partial charge in [0, 0.05) is 30.1 Å². The molecule has 5 rings (SSSR count). The maximum Gasteiger partial charge on any atom is 0.271 e. The zero-order valence-electron chi connectivity index (χ0n) is 17.8. The number of aromatic amines is 1. The van der Waals surface area contributed by atoms with Gasteiger partial charge in [-0.1, -0.05) is 23.7 Å². The van der Waals surface area contributed by atoms with Gasteiger partial charge in [0.15, 0.2) is 5.89 Å². The summed E-state index contributed by atoms with van der Waals surface area (Å²) in [6, 6.07) is 15.4. The SMILES string of the molecule is O=C(c1cc(-c2ccc(F)cc2)n[nH]1)N1CCC[C@@H](c2ncc(Cc3cccc(Cl)c3)o2)C1. The Balaban J connectivity index is 1.26. The monoisotopic (exact) mass is 464 g/mol. The van der Waals surface area contributed by atoms with Crippen molar-refractivity contribution in [3.8, 4) is 11.3 Å². The fourth-order valence-corrected chi connectivity index (χ4v) is 4.39. The third kappa shape index (κ3) is 4.83. The normalized spacial score (nSPS) is 16.2. The molecule has 1 atom stereocenters. The van der Waals surface area contributed by atoms with Gasteiger partial charge >= 0.3 is 0 Å². The van der Waals surface area contributed by atoms with Crippen LogP contribution in [-0.4, -0.2) is 39.1 Å². The molecule has 0 bridgehead atoms. The van der Waals surface area contributed by atoms with E-state index in [4.69, 9.17) is 16.0 Å². The van der Waals surface area contributed by atoms with Gasteiger partial charge in [-0.25, -0.2) is 9.37 Å². The van der Waals surface area contributed by atoms with E-state index in [0.29, 0.717) is 41.8 Å². The van der Waals surface area contributed by atoms with Crippen molar-refractivity contribution in [2.75, 3.05) is 13.1 Å². The van der Waals surface area contributed by atoms with Crippen LogP contribution < -0.4 is 0 Å². The molecule has 2 aromatic heterocycles. The van der Waals surface area contributed by atoms with Gasteiger partial charge in [-0.05, 0) is 60.9 Å². The summed E-state index contributed by atoms with van der Waals surface area (Å²) < 4.78 is 19.2. The number of nitrogens with zero attached hydrogens (tertiary/aromatic N) is 3. The summed E-state index contributed by atoms with van der Waals surface area (Å²) in [5.41, 5.74) is 2.81. The third-order valence-corrected chi connectivity index (χ3v) is 6.08. The van der Waals surface area contributed by atoms with Crippen molar-refractivity contribution in [2.24, 2.45) is 0 Å². The summed E-state index contributed by atoms with van der Waals surface area (Å²) in [5, 5.41) is 7.73. The Morgan fingerprint density at radius 1 is 1.21 bits per heavy atom. The number of H-pyrrole nitrogens is 1. The van der Waals surface area contributed by atoms with E-state index in [0.717, 1.165) is 29.7 Å². The highest BCUT2D eigenvalue weighted by atomic mass is 35.5. The highest BCUT2D eigenvalue weighted by molar-refractivity contribution is 6.30. The third-order valence-electron chi connectivity index (χ3n) is 5.84. The number of amides is 1. The van der Waals surface area contributed by atoms with Crippen LogP contribution in [0.5, 0.6) is 0 Å². The summed E-state index contributed by atoms with van der Waals surface area (Å²) in [4.78, 5) is 19.4. The number of rotatable bonds is 5. The van der Waals surface area contributed by atoms with E-state index < -0.39 is 0 Å². The van der Waals surface area contributed by atoms with E-state index >= 15 is 0 Å². The Morgan fingerprint density at radius 3 is 2.88 bits per heavy atom. The topological polar surface area (TPSA) is 75.0 Å². The van der Waals surface area contributed by atoms with E-state index in [1.807, 2.05) is 24.3 Å². The first kappa shape index (κ1) is 21.4. The van der Waals surface area contributed by atoms with Gasteiger partial charge in [0.05, 0.1) is 17.8 Å². The smallest absolute Gasteiger partial charge is 0.271 e. The summed E-state index contributed by atoms with van der Waals surface area (Å²) in [6.07, 6.45) is 4.14. The van der Waals surface area contributed by atoms with Gasteiger partial charge in [-0.2, -0.15) is 5.10 Å². The zero-order valence-corrected chi connectivity index (χ0v) is 18.6. The minimum atomic E-state index is -0.313. The molecular weight excluding hydrogens is 443 g/mol. The molecule has 1 N–H and O–H groups in total. The molecule has 0 saturated carbocycles. The van der Waals surface area contributed by atoms with Crippen molar-refractivity contribution in [3.63, 3.8) is 0 Å². The Morgan fingerprint density at radius 2 is 2.06 bits per heavy atom. The Kier molecular flexibility index (Phi) is 5.96. The number of piperidine rings is 1. The van der Waals surface area contributed by atoms with Gasteiger partial charge in [-0.3, -0.25) is 9.89 Å². The van der Waals surface area contributed by atoms with Gasteiger partial charge < -0.3 is 9.32 Å². The number of hydrogen-bond donors (Lipinski definition) is 1. The molecule has 0 unspecified atom stereocenters. The lowest BCUT2D eigenvalue weighted by Crippen LogP contribution is -2.39. The lowest BCUT2D eigenvalue weighted by atomic mass is 9.97. The molecule has 1 amide bonds. The number of likely N-dealkylation sites (tertiary alicyclic amines) is 1. The lowest BCUT2D eigenvalue weighted by molar-refractivity contribution is 0.0692. The molecule has 168 valence electrons. The first-order valence-electron chi connectivity index (χ1n) is 10.8. The van der Waals surface area contributed by atoms with E-state index in [1.54, 1.807) is 29.3 Å². The first-order chi connectivity index (χ1) is 16.0. The van der Waals surface area contributed by atoms with Crippen LogP contribution in [0.15, 0.2) is 65.2 Å². The number of benzene rings is 2. The highest BCUT2D eigenvalue weighted by Gasteiger charge is 2.29. The Bertz CT molecular complexity index is 1270. The fourth-order valence-electron chi connectivity index (χ4n) is 4.17. The van der Waals surface area contributed by atoms with Crippen LogP contribution in [0.2, 0.25) is 5.02 Å². The number of oxazole rings is 1. The largest absolute Gasteiger partial charge is 0.445 e. The van der Waals surface area contributed by atoms with Gasteiger partial charge in [0.2, 0.25) is 0 Å². The summed E-state index contributed by atoms with van der Waals surface area (Å²) >= 11 is 6.07. The molecule has 1 aliphatic heterocycles. The van der Waals surface area contributed by atoms with E-state index in [9.17, 15) is 9.18 Å². The molecule has 0 aliphatic carbocycles. The zero-order chi connectivity index (χ0) is 22.8. The van der Waals surface area contributed by atoms with Gasteiger partial charge in [0.25, 0.3) is 5.91 Å². The van der Waals surface area contributed by atoms with Crippen molar-refractivity contribution < 1.29 is 13.6 Å². The molecule has 2 aromatic carbocycles. The predicted octanol–water partition coefficient (Wildman–Crippen LogP) is 5.47. The van der Waals surface area contributed by atoms with E-state index in [1.165, 1.54) is 12.1 Å². The number of halogens is 2. The van der Waals surface area contributed by atoms with Crippen molar-refractivity contribution in [1.29, 1.82) is 0 Å². The molecular formula is C25H22ClFN4O2. The molecule has 1 fully saturated rings. The first-order valence-corrected chi connectivity index (χ1v) is 11.2. The van der Waals surface area contributed by atoms with Crippen molar-refractivity contribution >= 4 is 17.5 Å². The van der Waals surface area contributed by atoms with Gasteiger partial charge in [-0.15, -0.1) is 0 Å². The molecule has 0 radical (unpaired) electrons. The molecule has 4 aromatic rings. The summed E-state index contributed by atoms with van der Waals surface area (Å²) in [6.45, 7) is 1.19. The van der Waals surface area contributed by atoms with Crippen molar-refractivity contribution in [3.05, 3.63) is 94.5 Å². The molecule has 8 heteroatoms. The van der Waals surface area contributed by atoms with Crippen LogP contribution >= 0.6 is 11.6 Å². The molecule has 1 aliphatic rings. The van der Waals surface area contributed by atoms with Crippen LogP contribution in [0.25, 0.3) is 11.3 Å². The van der Waals surface area contributed by atoms with Crippen LogP contribution in [0.4, 0.5) is 4.39 Å². The van der Waals surface area contributed by atoms with Crippen molar-refractivity contribution in [2.45, 2.75) is 25.2 Å². The van der Waals surface area contributed by atoms with Gasteiger partial charge in [0.1, 0.15) is 17.3 Å². The van der Waals surface area contributed by atoms with E-state index in [-0.39, 0.29) is 17.6 Å². The van der Waals surface area contributed by atoms with Crippen molar-refractivity contribution in [1.82, 2.24) is 20.1 Å². The number of carbonyl (C=O) groups is 1. The Hall–Kier alpha value is -3.45. The quantitative estimate of drug-likeness (QED) is 0.425. The number of nitrogens with one attached hydrogen (secondary N) is 1. The minimum absolute atomic E-state index is 0.0373. The van der Waals surface area contributed by atoms with Crippen LogP contribution in [0, 0.1) is 5.82 Å². The second kappa shape index (κ2) is 9.19. The molecule has 0 spiro atoms. The summed E-state index contributed by atoms with van der Waals surface area (Å²) in [5.74, 6) is 1.03. The standard InChI is InChI=1S/C25H22ClFN4O2/c26-19-5-1-3-16(11-19)12-21-14-28-24(33-21)18-4-2-10-31(15-18)25(32)23-13-22(29-30-23)17-6-8-20(27)9-7-17/h1,3,5-9,11,13-14,18H,2,4,10,12,15H2,(H,29,30)/t18-/m1/s1. The second-order valence-corrected chi connectivity index (χ2v) is 8.67. The molecule has 3 heterocycles. The predicted molar refractivity (Wildman–Crippen MR) is 123 cm³/mol. The number of aromatic nitrogens is 3.